The highest BCUT2D eigenvalue weighted by atomic mass is 16.6. The van der Waals surface area contributed by atoms with Crippen molar-refractivity contribution in [2.45, 2.75) is 70.6 Å². The number of carbonyl (C=O) groups excluding carboxylic acids is 3. The van der Waals surface area contributed by atoms with Crippen LogP contribution in [0.5, 0.6) is 5.75 Å². The van der Waals surface area contributed by atoms with Crippen molar-refractivity contribution in [1.29, 1.82) is 0 Å². The average Bonchev–Trinajstić information content (AvgIpc) is 2.81. The van der Waals surface area contributed by atoms with E-state index in [0.717, 1.165) is 32.1 Å². The van der Waals surface area contributed by atoms with Gasteiger partial charge in [0.15, 0.2) is 0 Å². The van der Waals surface area contributed by atoms with Gasteiger partial charge in [0.1, 0.15) is 23.9 Å². The van der Waals surface area contributed by atoms with Crippen molar-refractivity contribution in [2.24, 2.45) is 0 Å². The molecule has 1 aliphatic carbocycles. The summed E-state index contributed by atoms with van der Waals surface area (Å²) >= 11 is 0. The minimum absolute atomic E-state index is 0.00897. The number of anilines is 1. The fraction of sp³-hybridized carbons (Fsp3) is 0.444. The first kappa shape index (κ1) is 26.1. The lowest BCUT2D eigenvalue weighted by molar-refractivity contribution is -0.127. The van der Waals surface area contributed by atoms with Crippen LogP contribution in [-0.2, 0) is 14.3 Å². The van der Waals surface area contributed by atoms with Crippen molar-refractivity contribution < 1.29 is 24.2 Å². The number of hydrogen-bond acceptors (Lipinski definition) is 5. The van der Waals surface area contributed by atoms with E-state index >= 15 is 0 Å². The largest absolute Gasteiger partial charge is 0.508 e. The number of nitrogens with zero attached hydrogens (tertiary/aromatic N) is 1. The molecule has 188 valence electrons. The minimum Gasteiger partial charge on any atom is -0.508 e. The number of alkyl carbamates (subject to hydrolysis) is 1. The van der Waals surface area contributed by atoms with Crippen LogP contribution in [0, 0.1) is 0 Å². The van der Waals surface area contributed by atoms with E-state index in [1.54, 1.807) is 57.2 Å². The Labute approximate surface area is 206 Å². The van der Waals surface area contributed by atoms with Crippen LogP contribution in [0.15, 0.2) is 54.6 Å². The molecule has 3 rings (SSSR count). The Kier molecular flexibility index (Phi) is 8.73. The van der Waals surface area contributed by atoms with Crippen LogP contribution in [0.1, 0.15) is 64.5 Å². The molecule has 1 fully saturated rings. The van der Waals surface area contributed by atoms with Crippen LogP contribution in [0.2, 0.25) is 0 Å². The number of hydrogen-bond donors (Lipinski definition) is 3. The molecule has 1 aliphatic rings. The number of aromatic hydroxyl groups is 1. The Morgan fingerprint density at radius 1 is 1.03 bits per heavy atom. The summed E-state index contributed by atoms with van der Waals surface area (Å²) in [5.74, 6) is -0.837. The van der Waals surface area contributed by atoms with Crippen LogP contribution in [-0.4, -0.2) is 41.2 Å². The second-order valence-electron chi connectivity index (χ2n) is 9.80. The summed E-state index contributed by atoms with van der Waals surface area (Å²) in [5.41, 5.74) is 0.249. The van der Waals surface area contributed by atoms with Crippen molar-refractivity contribution in [2.75, 3.05) is 11.4 Å². The lowest BCUT2D eigenvalue weighted by Gasteiger charge is -2.33. The van der Waals surface area contributed by atoms with Crippen molar-refractivity contribution >= 4 is 23.6 Å². The summed E-state index contributed by atoms with van der Waals surface area (Å²) in [6.07, 6.45) is 4.29. The topological polar surface area (TPSA) is 108 Å². The molecular weight excluding hydrogens is 446 g/mol. The molecule has 0 aliphatic heterocycles. The van der Waals surface area contributed by atoms with Crippen LogP contribution in [0.4, 0.5) is 10.5 Å². The summed E-state index contributed by atoms with van der Waals surface area (Å²) in [6.45, 7) is 4.84. The van der Waals surface area contributed by atoms with Gasteiger partial charge in [-0.2, -0.15) is 0 Å². The number of nitrogens with one attached hydrogen (secondary N) is 2. The fourth-order valence-electron chi connectivity index (χ4n) is 4.21. The van der Waals surface area contributed by atoms with E-state index in [9.17, 15) is 19.5 Å². The number of benzene rings is 2. The highest BCUT2D eigenvalue weighted by Crippen LogP contribution is 2.30. The molecule has 1 unspecified atom stereocenters. The molecule has 1 saturated carbocycles. The second kappa shape index (κ2) is 11.7. The van der Waals surface area contributed by atoms with Gasteiger partial charge in [0.2, 0.25) is 11.8 Å². The minimum atomic E-state index is -1.04. The molecule has 0 aromatic heterocycles. The number of ether oxygens (including phenoxy) is 1. The van der Waals surface area contributed by atoms with E-state index in [-0.39, 0.29) is 24.2 Å². The van der Waals surface area contributed by atoms with Crippen molar-refractivity contribution in [1.82, 2.24) is 10.6 Å². The molecule has 3 N–H and O–H groups in total. The van der Waals surface area contributed by atoms with Crippen LogP contribution in [0.25, 0.3) is 0 Å². The maximum Gasteiger partial charge on any atom is 0.408 e. The molecule has 3 amide bonds. The predicted octanol–water partition coefficient (Wildman–Crippen LogP) is 4.44. The normalized spacial score (nSPS) is 15.1. The zero-order chi connectivity index (χ0) is 25.4. The first-order chi connectivity index (χ1) is 16.6. The summed E-state index contributed by atoms with van der Waals surface area (Å²) in [5, 5.41) is 15.7. The molecule has 0 saturated heterocycles. The van der Waals surface area contributed by atoms with Gasteiger partial charge in [-0.3, -0.25) is 14.5 Å². The highest BCUT2D eigenvalue weighted by Gasteiger charge is 2.34. The van der Waals surface area contributed by atoms with Gasteiger partial charge in [0, 0.05) is 11.7 Å². The maximum atomic E-state index is 13.7. The van der Waals surface area contributed by atoms with Gasteiger partial charge in [-0.15, -0.1) is 0 Å². The third kappa shape index (κ3) is 7.73. The van der Waals surface area contributed by atoms with Gasteiger partial charge in [-0.05, 0) is 63.4 Å². The number of amides is 3. The molecule has 2 aromatic carbocycles. The summed E-state index contributed by atoms with van der Waals surface area (Å²) in [7, 11) is 0. The number of phenolic OH excluding ortho intramolecular Hbond substituents is 1. The lowest BCUT2D eigenvalue weighted by Crippen LogP contribution is -2.50. The summed E-state index contributed by atoms with van der Waals surface area (Å²) in [4.78, 5) is 40.7. The molecule has 8 heteroatoms. The first-order valence-electron chi connectivity index (χ1n) is 12.1. The molecule has 0 spiro atoms. The third-order valence-corrected chi connectivity index (χ3v) is 5.73. The van der Waals surface area contributed by atoms with E-state index in [1.165, 1.54) is 17.0 Å². The molecule has 35 heavy (non-hydrogen) atoms. The van der Waals surface area contributed by atoms with Crippen LogP contribution < -0.4 is 15.5 Å². The highest BCUT2D eigenvalue weighted by molar-refractivity contribution is 6.03. The Balaban J connectivity index is 1.93. The van der Waals surface area contributed by atoms with E-state index in [2.05, 4.69) is 10.6 Å². The molecule has 0 heterocycles. The monoisotopic (exact) mass is 481 g/mol. The quantitative estimate of drug-likeness (QED) is 0.542. The third-order valence-electron chi connectivity index (χ3n) is 5.73. The predicted molar refractivity (Wildman–Crippen MR) is 134 cm³/mol. The van der Waals surface area contributed by atoms with Gasteiger partial charge in [-0.25, -0.2) is 4.79 Å². The molecular formula is C27H35N3O5. The SMILES string of the molecule is CC(C)(C)OC(=O)NCC(=O)N(c1ccccc1)C(C(=O)NC1CCCCC1)c1cccc(O)c1. The van der Waals surface area contributed by atoms with Crippen LogP contribution in [0.3, 0.4) is 0 Å². The number of phenols is 1. The van der Waals surface area contributed by atoms with Crippen molar-refractivity contribution in [3.63, 3.8) is 0 Å². The van der Waals surface area contributed by atoms with Crippen molar-refractivity contribution in [3.8, 4) is 5.75 Å². The molecule has 2 aromatic rings. The van der Waals surface area contributed by atoms with Gasteiger partial charge in [-0.1, -0.05) is 49.6 Å². The lowest BCUT2D eigenvalue weighted by atomic mass is 9.94. The molecule has 1 atom stereocenters. The first-order valence-corrected chi connectivity index (χ1v) is 12.1. The number of rotatable bonds is 7. The van der Waals surface area contributed by atoms with Crippen LogP contribution >= 0.6 is 0 Å². The van der Waals surface area contributed by atoms with Gasteiger partial charge in [0.25, 0.3) is 0 Å². The average molecular weight is 482 g/mol. The van der Waals surface area contributed by atoms with Crippen molar-refractivity contribution in [3.05, 3.63) is 60.2 Å². The van der Waals surface area contributed by atoms with E-state index in [4.69, 9.17) is 4.74 Å². The smallest absolute Gasteiger partial charge is 0.408 e. The van der Waals surface area contributed by atoms with E-state index in [1.807, 2.05) is 6.07 Å². The Hall–Kier alpha value is -3.55. The van der Waals surface area contributed by atoms with E-state index < -0.39 is 23.6 Å². The zero-order valence-electron chi connectivity index (χ0n) is 20.6. The van der Waals surface area contributed by atoms with Gasteiger partial charge < -0.3 is 20.5 Å². The summed E-state index contributed by atoms with van der Waals surface area (Å²) < 4.78 is 5.25. The Morgan fingerprint density at radius 3 is 2.34 bits per heavy atom. The number of carbonyl (C=O) groups is 3. The summed E-state index contributed by atoms with van der Waals surface area (Å²) in [6, 6.07) is 14.1. The Bertz CT molecular complexity index is 1010. The Morgan fingerprint density at radius 2 is 1.71 bits per heavy atom. The maximum absolute atomic E-state index is 13.7. The van der Waals surface area contributed by atoms with Gasteiger partial charge in [0.05, 0.1) is 0 Å². The molecule has 0 bridgehead atoms. The molecule has 8 nitrogen and oxygen atoms in total. The second-order valence-corrected chi connectivity index (χ2v) is 9.80. The fourth-order valence-corrected chi connectivity index (χ4v) is 4.21. The van der Waals surface area contributed by atoms with Gasteiger partial charge >= 0.3 is 6.09 Å². The zero-order valence-corrected chi connectivity index (χ0v) is 20.6. The number of para-hydroxylation sites is 1. The van der Waals surface area contributed by atoms with E-state index in [0.29, 0.717) is 11.3 Å². The molecule has 0 radical (unpaired) electrons. The standard InChI is InChI=1S/C27H35N3O5/c1-27(2,3)35-26(34)28-18-23(32)30(21-14-8-5-9-15-21)24(19-11-10-16-22(31)17-19)25(33)29-20-12-6-4-7-13-20/h5,8-11,14-17,20,24,31H,4,6-7,12-13,18H2,1-3H3,(H,28,34)(H,29,33).